The molecule has 0 aromatic heterocycles. The lowest BCUT2D eigenvalue weighted by Gasteiger charge is -2.40. The Morgan fingerprint density at radius 2 is 1.53 bits per heavy atom. The van der Waals surface area contributed by atoms with Gasteiger partial charge in [0.2, 0.25) is 0 Å². The third-order valence-electron chi connectivity index (χ3n) is 6.83. The molecule has 1 saturated heterocycles. The quantitative estimate of drug-likeness (QED) is 0.216. The highest BCUT2D eigenvalue weighted by molar-refractivity contribution is 6.44. The first-order chi connectivity index (χ1) is 15.9. The van der Waals surface area contributed by atoms with Crippen LogP contribution in [0.25, 0.3) is 6.08 Å². The van der Waals surface area contributed by atoms with E-state index in [4.69, 9.17) is 9.47 Å². The first-order valence-electron chi connectivity index (χ1n) is 11.5. The molecule has 1 aliphatic rings. The zero-order chi connectivity index (χ0) is 25.3. The second kappa shape index (κ2) is 9.86. The average molecular weight is 475 g/mol. The largest absolute Gasteiger partial charge is 0.380 e. The second-order valence-corrected chi connectivity index (χ2v) is 10.4. The molecule has 0 bridgehead atoms. The lowest BCUT2D eigenvalue weighted by atomic mass is 9.37. The van der Waals surface area contributed by atoms with Crippen molar-refractivity contribution in [1.82, 2.24) is 0 Å². The minimum Gasteiger partial charge on any atom is -0.380 e. The molecule has 7 heteroatoms. The summed E-state index contributed by atoms with van der Waals surface area (Å²) in [6.45, 7) is 13.2. The SMILES string of the molecule is C=Cc1ccc(C(C)(C)[B]C(C)(C)c2c(F)c(F)c(COCC3(CC)COC3)c(F)c2F)cc1. The summed E-state index contributed by atoms with van der Waals surface area (Å²) >= 11 is 0. The zero-order valence-electron chi connectivity index (χ0n) is 20.5. The van der Waals surface area contributed by atoms with Crippen molar-refractivity contribution in [2.24, 2.45) is 5.41 Å². The van der Waals surface area contributed by atoms with Crippen LogP contribution in [0.4, 0.5) is 17.6 Å². The Labute approximate surface area is 200 Å². The third kappa shape index (κ3) is 5.11. The van der Waals surface area contributed by atoms with Crippen molar-refractivity contribution in [2.75, 3.05) is 19.8 Å². The Morgan fingerprint density at radius 1 is 0.971 bits per heavy atom. The van der Waals surface area contributed by atoms with Crippen molar-refractivity contribution in [3.8, 4) is 0 Å². The minimum atomic E-state index is -1.42. The fourth-order valence-corrected chi connectivity index (χ4v) is 4.63. The topological polar surface area (TPSA) is 18.5 Å². The third-order valence-corrected chi connectivity index (χ3v) is 6.83. The maximum atomic E-state index is 15.2. The van der Waals surface area contributed by atoms with Crippen LogP contribution in [0.15, 0.2) is 30.8 Å². The summed E-state index contributed by atoms with van der Waals surface area (Å²) in [5, 5.41) is -1.96. The molecule has 34 heavy (non-hydrogen) atoms. The Kier molecular flexibility index (Phi) is 7.68. The molecule has 183 valence electrons. The van der Waals surface area contributed by atoms with Crippen LogP contribution in [0.5, 0.6) is 0 Å². The van der Waals surface area contributed by atoms with Gasteiger partial charge in [-0.05, 0) is 22.6 Å². The summed E-state index contributed by atoms with van der Waals surface area (Å²) in [5.74, 6) is -5.62. The first kappa shape index (κ1) is 26.5. The molecule has 2 aromatic rings. The fraction of sp³-hybridized carbons (Fsp3) is 0.481. The number of rotatable bonds is 10. The van der Waals surface area contributed by atoms with Crippen molar-refractivity contribution in [3.63, 3.8) is 0 Å². The predicted octanol–water partition coefficient (Wildman–Crippen LogP) is 6.70. The van der Waals surface area contributed by atoms with Crippen LogP contribution in [0.3, 0.4) is 0 Å². The summed E-state index contributed by atoms with van der Waals surface area (Å²) in [6.07, 6.45) is 2.49. The monoisotopic (exact) mass is 475 g/mol. The molecule has 1 aliphatic heterocycles. The van der Waals surface area contributed by atoms with Gasteiger partial charge in [0.05, 0.1) is 32.0 Å². The highest BCUT2D eigenvalue weighted by Gasteiger charge is 2.40. The lowest BCUT2D eigenvalue weighted by Crippen LogP contribution is -2.45. The van der Waals surface area contributed by atoms with E-state index in [1.54, 1.807) is 27.2 Å². The van der Waals surface area contributed by atoms with E-state index in [0.717, 1.165) is 17.5 Å². The van der Waals surface area contributed by atoms with Crippen molar-refractivity contribution in [2.45, 2.75) is 58.3 Å². The van der Waals surface area contributed by atoms with Crippen molar-refractivity contribution in [3.05, 3.63) is 76.4 Å². The van der Waals surface area contributed by atoms with Crippen molar-refractivity contribution < 1.29 is 27.0 Å². The molecule has 0 amide bonds. The number of ether oxygens (including phenoxy) is 2. The predicted molar refractivity (Wildman–Crippen MR) is 128 cm³/mol. The zero-order valence-corrected chi connectivity index (χ0v) is 20.5. The maximum Gasteiger partial charge on any atom is 0.167 e. The minimum absolute atomic E-state index is 0.200. The molecule has 1 radical (unpaired) electrons. The van der Waals surface area contributed by atoms with Crippen LogP contribution in [0, 0.1) is 28.7 Å². The highest BCUT2D eigenvalue weighted by atomic mass is 19.2. The van der Waals surface area contributed by atoms with E-state index < -0.39 is 51.6 Å². The van der Waals surface area contributed by atoms with Gasteiger partial charge in [-0.25, -0.2) is 17.6 Å². The summed E-state index contributed by atoms with van der Waals surface area (Å²) in [5.41, 5.74) is 0.242. The van der Waals surface area contributed by atoms with Gasteiger partial charge in [0.15, 0.2) is 23.3 Å². The maximum absolute atomic E-state index is 15.2. The molecule has 0 N–H and O–H groups in total. The van der Waals surface area contributed by atoms with Crippen LogP contribution in [-0.2, 0) is 26.7 Å². The van der Waals surface area contributed by atoms with Crippen LogP contribution >= 0.6 is 0 Å². The molecule has 1 fully saturated rings. The molecule has 0 spiro atoms. The highest BCUT2D eigenvalue weighted by Crippen LogP contribution is 2.38. The summed E-state index contributed by atoms with van der Waals surface area (Å²) < 4.78 is 71.0. The molecular weight excluding hydrogens is 443 g/mol. The Balaban J connectivity index is 1.86. The van der Waals surface area contributed by atoms with Gasteiger partial charge in [0.25, 0.3) is 0 Å². The molecule has 0 unspecified atom stereocenters. The molecule has 2 aromatic carbocycles. The summed E-state index contributed by atoms with van der Waals surface area (Å²) in [6, 6.07) is 7.57. The van der Waals surface area contributed by atoms with Gasteiger partial charge in [0.1, 0.15) is 7.28 Å². The van der Waals surface area contributed by atoms with E-state index in [1.165, 1.54) is 0 Å². The molecule has 2 nitrogen and oxygen atoms in total. The molecule has 0 atom stereocenters. The van der Waals surface area contributed by atoms with E-state index >= 15 is 8.78 Å². The lowest BCUT2D eigenvalue weighted by molar-refractivity contribution is -0.152. The van der Waals surface area contributed by atoms with Gasteiger partial charge < -0.3 is 9.47 Å². The van der Waals surface area contributed by atoms with Crippen LogP contribution in [0.2, 0.25) is 0 Å². The van der Waals surface area contributed by atoms with Crippen molar-refractivity contribution in [1.29, 1.82) is 0 Å². The normalized spacial score (nSPS) is 15.7. The Morgan fingerprint density at radius 3 is 1.97 bits per heavy atom. The summed E-state index contributed by atoms with van der Waals surface area (Å²) in [7, 11) is 1.71. The van der Waals surface area contributed by atoms with E-state index in [9.17, 15) is 8.78 Å². The van der Waals surface area contributed by atoms with E-state index in [1.807, 2.05) is 45.0 Å². The molecule has 0 aliphatic carbocycles. The smallest absolute Gasteiger partial charge is 0.167 e. The van der Waals surface area contributed by atoms with E-state index in [0.29, 0.717) is 13.2 Å². The molecule has 0 saturated carbocycles. The van der Waals surface area contributed by atoms with Crippen molar-refractivity contribution >= 4 is 13.4 Å². The van der Waals surface area contributed by atoms with Crippen LogP contribution in [0.1, 0.15) is 63.3 Å². The Bertz CT molecular complexity index is 1010. The first-order valence-corrected chi connectivity index (χ1v) is 11.5. The van der Waals surface area contributed by atoms with Gasteiger partial charge in [0, 0.05) is 11.0 Å². The molecule has 1 heterocycles. The Hall–Kier alpha value is -2.12. The van der Waals surface area contributed by atoms with Gasteiger partial charge in [-0.15, -0.1) is 0 Å². The van der Waals surface area contributed by atoms with Gasteiger partial charge in [-0.2, -0.15) is 0 Å². The van der Waals surface area contributed by atoms with E-state index in [2.05, 4.69) is 6.58 Å². The van der Waals surface area contributed by atoms with Gasteiger partial charge in [-0.3, -0.25) is 0 Å². The van der Waals surface area contributed by atoms with E-state index in [-0.39, 0.29) is 12.0 Å². The summed E-state index contributed by atoms with van der Waals surface area (Å²) in [4.78, 5) is 0. The standard InChI is InChI=1S/C27H32BF4O2/c1-7-17-9-11-18(12-10-17)25(3,4)28-26(5,6)20-23(31)21(29)19(22(30)24(20)32)13-33-14-27(8-2)15-34-16-27/h7,9-12H,1,8,13-16H2,2-6H3. The number of benzene rings is 2. The number of hydrogen-bond acceptors (Lipinski definition) is 2. The fourth-order valence-electron chi connectivity index (χ4n) is 4.63. The van der Waals surface area contributed by atoms with Gasteiger partial charge in [-0.1, -0.05) is 77.1 Å². The average Bonchev–Trinajstić information content (AvgIpc) is 2.75. The molecular formula is C27H32BF4O2. The molecule has 3 rings (SSSR count). The number of halogens is 4. The van der Waals surface area contributed by atoms with Gasteiger partial charge >= 0.3 is 0 Å². The number of hydrogen-bond donors (Lipinski definition) is 0. The van der Waals surface area contributed by atoms with Crippen LogP contribution in [-0.4, -0.2) is 27.1 Å². The van der Waals surface area contributed by atoms with Crippen LogP contribution < -0.4 is 0 Å². The second-order valence-electron chi connectivity index (χ2n) is 10.4.